The van der Waals surface area contributed by atoms with E-state index in [1.54, 1.807) is 146 Å². The molecule has 15 nitrogen and oxygen atoms in total. The molecule has 0 saturated heterocycles. The Hall–Kier alpha value is -6.39. The van der Waals surface area contributed by atoms with Crippen molar-refractivity contribution in [2.45, 2.75) is 0 Å². The topological polar surface area (TPSA) is 249 Å². The molecule has 54 heavy (non-hydrogen) atoms. The zero-order valence-corrected chi connectivity index (χ0v) is 31.1. The molecule has 0 aliphatic carbocycles. The van der Waals surface area contributed by atoms with Gasteiger partial charge in [0.2, 0.25) is 0 Å². The van der Waals surface area contributed by atoms with Crippen LogP contribution in [-0.2, 0) is 0 Å². The number of nitrogen functional groups attached to an aromatic ring is 6. The first-order valence-electron chi connectivity index (χ1n) is 16.2. The van der Waals surface area contributed by atoms with Crippen molar-refractivity contribution in [3.8, 4) is 34.5 Å². The fourth-order valence-electron chi connectivity index (χ4n) is 4.75. The smallest absolute Gasteiger partial charge is 0.413 e. The summed E-state index contributed by atoms with van der Waals surface area (Å²) in [5, 5.41) is 0. The average Bonchev–Trinajstić information content (AvgIpc) is 3.14. The summed E-state index contributed by atoms with van der Waals surface area (Å²) in [5.41, 5.74) is 39.3. The second kappa shape index (κ2) is 14.9. The van der Waals surface area contributed by atoms with Gasteiger partial charge in [-0.15, -0.1) is 0 Å². The molecule has 6 aromatic carbocycles. The lowest BCUT2D eigenvalue weighted by Gasteiger charge is -2.33. The van der Waals surface area contributed by atoms with Crippen LogP contribution >= 0.6 is 23.0 Å². The summed E-state index contributed by atoms with van der Waals surface area (Å²) in [6, 6.07) is 39.9. The molecule has 0 unspecified atom stereocenters. The molecule has 12 N–H and O–H groups in total. The maximum Gasteiger partial charge on any atom is 0.460 e. The minimum Gasteiger partial charge on any atom is -0.413 e. The standard InChI is InChI=1S/C36H36N9O6P3/c37-25-1-13-31(14-2-25)46-52(47-32-15-3-26(38)4-16-32)43-53(48-33-17-5-27(39)6-18-33,49-34-19-7-28(40)8-20-34)45-54(44-52,50-35-21-9-29(41)10-22-35)51-36-23-11-30(42)12-24-36/h1-24H,37-42H2. The van der Waals surface area contributed by atoms with Crippen molar-refractivity contribution >= 4 is 57.1 Å². The Balaban J connectivity index is 1.56. The number of anilines is 6. The molecule has 0 amide bonds. The second-order valence-electron chi connectivity index (χ2n) is 11.7. The molecule has 1 heterocycles. The fourth-order valence-corrected chi connectivity index (χ4v) is 13.8. The van der Waals surface area contributed by atoms with Gasteiger partial charge < -0.3 is 61.5 Å². The van der Waals surface area contributed by atoms with Gasteiger partial charge in [-0.3, -0.25) is 0 Å². The van der Waals surface area contributed by atoms with E-state index < -0.39 is 23.0 Å². The molecule has 0 aromatic heterocycles. The molecule has 1 aliphatic rings. The first kappa shape index (κ1) is 36.0. The lowest BCUT2D eigenvalue weighted by atomic mass is 10.3. The number of nitrogens with two attached hydrogens (primary N) is 6. The molecule has 0 atom stereocenters. The van der Waals surface area contributed by atoms with E-state index in [-0.39, 0.29) is 0 Å². The summed E-state index contributed by atoms with van der Waals surface area (Å²) in [6.45, 7) is 0. The molecule has 0 spiro atoms. The number of hydrogen-bond donors (Lipinski definition) is 6. The van der Waals surface area contributed by atoms with Crippen molar-refractivity contribution in [1.29, 1.82) is 0 Å². The van der Waals surface area contributed by atoms with Crippen molar-refractivity contribution in [3.63, 3.8) is 0 Å². The van der Waals surface area contributed by atoms with Crippen molar-refractivity contribution in [2.75, 3.05) is 34.4 Å². The van der Waals surface area contributed by atoms with Gasteiger partial charge in [0, 0.05) is 34.1 Å². The monoisotopic (exact) mass is 783 g/mol. The molecule has 6 aromatic rings. The van der Waals surface area contributed by atoms with E-state index in [0.717, 1.165) is 0 Å². The second-order valence-corrected chi connectivity index (χ2v) is 17.9. The van der Waals surface area contributed by atoms with E-state index >= 15 is 0 Å². The summed E-state index contributed by atoms with van der Waals surface area (Å²) >= 11 is 0. The van der Waals surface area contributed by atoms with Gasteiger partial charge in [-0.2, -0.15) is 0 Å². The van der Waals surface area contributed by atoms with Gasteiger partial charge >= 0.3 is 23.0 Å². The highest BCUT2D eigenvalue weighted by molar-refractivity contribution is 7.79. The molecular weight excluding hydrogens is 747 g/mol. The predicted molar refractivity (Wildman–Crippen MR) is 217 cm³/mol. The van der Waals surface area contributed by atoms with Gasteiger partial charge in [0.1, 0.15) is 34.5 Å². The van der Waals surface area contributed by atoms with E-state index in [1.165, 1.54) is 0 Å². The normalized spacial score (nSPS) is 14.9. The van der Waals surface area contributed by atoms with E-state index in [4.69, 9.17) is 75.1 Å². The van der Waals surface area contributed by atoms with Crippen molar-refractivity contribution < 1.29 is 27.1 Å². The van der Waals surface area contributed by atoms with Crippen LogP contribution in [0.5, 0.6) is 34.5 Å². The van der Waals surface area contributed by atoms with E-state index in [2.05, 4.69) is 0 Å². The predicted octanol–water partition coefficient (Wildman–Crippen LogP) is 9.81. The highest BCUT2D eigenvalue weighted by Gasteiger charge is 2.49. The van der Waals surface area contributed by atoms with Crippen LogP contribution in [0.4, 0.5) is 34.1 Å². The van der Waals surface area contributed by atoms with Gasteiger partial charge in [-0.1, -0.05) is 13.5 Å². The maximum atomic E-state index is 6.73. The van der Waals surface area contributed by atoms with E-state index in [0.29, 0.717) is 68.6 Å². The Morgan fingerprint density at radius 1 is 0.241 bits per heavy atom. The van der Waals surface area contributed by atoms with Gasteiger partial charge in [0.05, 0.1) is 0 Å². The third-order valence-corrected chi connectivity index (χ3v) is 15.4. The molecule has 276 valence electrons. The zero-order chi connectivity index (χ0) is 37.8. The third kappa shape index (κ3) is 8.79. The lowest BCUT2D eigenvalue weighted by Crippen LogP contribution is -2.11. The number of nitrogens with zero attached hydrogens (tertiary/aromatic N) is 3. The Morgan fingerprint density at radius 2 is 0.370 bits per heavy atom. The van der Waals surface area contributed by atoms with Crippen LogP contribution in [0.1, 0.15) is 0 Å². The van der Waals surface area contributed by atoms with Crippen molar-refractivity contribution in [3.05, 3.63) is 146 Å². The van der Waals surface area contributed by atoms with Crippen LogP contribution < -0.4 is 61.5 Å². The van der Waals surface area contributed by atoms with Crippen LogP contribution in [0, 0.1) is 0 Å². The summed E-state index contributed by atoms with van der Waals surface area (Å²) in [7, 11) is -12.4. The Bertz CT molecular complexity index is 1970. The average molecular weight is 784 g/mol. The Labute approximate surface area is 311 Å². The Kier molecular flexibility index (Phi) is 9.94. The fraction of sp³-hybridized carbons (Fsp3) is 0. The quantitative estimate of drug-likeness (QED) is 0.0501. The van der Waals surface area contributed by atoms with E-state index in [1.807, 2.05) is 0 Å². The molecule has 0 bridgehead atoms. The first-order valence-corrected chi connectivity index (χ1v) is 20.8. The van der Waals surface area contributed by atoms with Crippen LogP contribution in [0.3, 0.4) is 0 Å². The minimum absolute atomic E-state index is 0.304. The minimum atomic E-state index is -4.12. The molecule has 0 fully saturated rings. The third-order valence-electron chi connectivity index (χ3n) is 7.30. The number of hydrogen-bond acceptors (Lipinski definition) is 15. The highest BCUT2D eigenvalue weighted by Crippen LogP contribution is 2.78. The largest absolute Gasteiger partial charge is 0.460 e. The molecule has 18 heteroatoms. The molecule has 1 aliphatic heterocycles. The summed E-state index contributed by atoms with van der Waals surface area (Å²) < 4.78 is 55.8. The van der Waals surface area contributed by atoms with Gasteiger partial charge in [0.25, 0.3) is 0 Å². The van der Waals surface area contributed by atoms with Crippen molar-refractivity contribution in [2.24, 2.45) is 13.5 Å². The molecule has 0 radical (unpaired) electrons. The van der Waals surface area contributed by atoms with Crippen LogP contribution in [0.15, 0.2) is 159 Å². The first-order chi connectivity index (χ1) is 26.0. The summed E-state index contributed by atoms with van der Waals surface area (Å²) in [5.74, 6) is 1.83. The molecule has 0 saturated carbocycles. The summed E-state index contributed by atoms with van der Waals surface area (Å²) in [4.78, 5) is 0. The lowest BCUT2D eigenvalue weighted by molar-refractivity contribution is 0.443. The highest BCUT2D eigenvalue weighted by atomic mass is 31.3. The number of benzene rings is 6. The van der Waals surface area contributed by atoms with E-state index in [9.17, 15) is 0 Å². The van der Waals surface area contributed by atoms with Crippen LogP contribution in [0.25, 0.3) is 0 Å². The number of rotatable bonds is 12. The molecule has 7 rings (SSSR count). The van der Waals surface area contributed by atoms with Gasteiger partial charge in [-0.25, -0.2) is 0 Å². The SMILES string of the molecule is Nc1ccc(OP2(Oc3ccc(N)cc3)=NP(Oc3ccc(N)cc3)(Oc3ccc(N)cc3)=NP(Oc3ccc(N)cc3)(Oc3ccc(N)cc3)=N2)cc1. The van der Waals surface area contributed by atoms with Crippen LogP contribution in [-0.4, -0.2) is 0 Å². The zero-order valence-electron chi connectivity index (χ0n) is 28.5. The van der Waals surface area contributed by atoms with Gasteiger partial charge in [-0.05, 0) is 146 Å². The van der Waals surface area contributed by atoms with Gasteiger partial charge in [0.15, 0.2) is 0 Å². The summed E-state index contributed by atoms with van der Waals surface area (Å²) in [6.07, 6.45) is 0. The Morgan fingerprint density at radius 3 is 0.500 bits per heavy atom. The maximum absolute atomic E-state index is 6.73. The van der Waals surface area contributed by atoms with Crippen molar-refractivity contribution in [1.82, 2.24) is 0 Å². The molecular formula is C36H36N9O6P3. The van der Waals surface area contributed by atoms with Crippen LogP contribution in [0.2, 0.25) is 0 Å².